The number of nitrogens with one attached hydrogen (secondary N) is 2. The number of piperidine rings is 1. The fourth-order valence-corrected chi connectivity index (χ4v) is 5.87. The number of aromatic nitrogens is 5. The fraction of sp³-hybridized carbons (Fsp3) is 0.296. The molecular formula is C27H26FN7O2. The van der Waals surface area contributed by atoms with Crippen LogP contribution in [0.1, 0.15) is 24.8 Å². The third-order valence-electron chi connectivity index (χ3n) is 7.61. The highest BCUT2D eigenvalue weighted by molar-refractivity contribution is 6.00. The van der Waals surface area contributed by atoms with Crippen LogP contribution in [0, 0.1) is 5.82 Å². The van der Waals surface area contributed by atoms with Gasteiger partial charge in [-0.05, 0) is 49.1 Å². The molecule has 2 amide bonds. The Labute approximate surface area is 211 Å². The number of H-pyrrole nitrogens is 2. The van der Waals surface area contributed by atoms with Crippen molar-refractivity contribution in [2.75, 3.05) is 19.6 Å². The second-order valence-corrected chi connectivity index (χ2v) is 9.85. The van der Waals surface area contributed by atoms with Crippen LogP contribution in [0.4, 0.5) is 9.18 Å². The maximum Gasteiger partial charge on any atom is 0.320 e. The van der Waals surface area contributed by atoms with Crippen molar-refractivity contribution in [3.63, 3.8) is 0 Å². The Morgan fingerprint density at radius 3 is 2.73 bits per heavy atom. The SMILES string of the molecule is O=C(N1CCCCC1)N1CCn2cc(-c3[nH][nH]c(=O)c3-c3cnc4ccccn34)c3cc(F)cc(c32)C1. The number of carbonyl (C=O) groups is 1. The van der Waals surface area contributed by atoms with Gasteiger partial charge >= 0.3 is 6.03 Å². The summed E-state index contributed by atoms with van der Waals surface area (Å²) in [5.41, 5.74) is 4.51. The van der Waals surface area contributed by atoms with Crippen molar-refractivity contribution in [2.24, 2.45) is 0 Å². The molecule has 0 aliphatic carbocycles. The molecule has 0 spiro atoms. The highest BCUT2D eigenvalue weighted by Gasteiger charge is 2.28. The van der Waals surface area contributed by atoms with Gasteiger partial charge in [-0.15, -0.1) is 0 Å². The Bertz CT molecular complexity index is 1720. The van der Waals surface area contributed by atoms with Crippen molar-refractivity contribution in [1.29, 1.82) is 0 Å². The summed E-state index contributed by atoms with van der Waals surface area (Å²) in [4.78, 5) is 34.4. The van der Waals surface area contributed by atoms with Gasteiger partial charge in [0.05, 0.1) is 28.7 Å². The number of rotatable bonds is 2. The number of urea groups is 1. The maximum atomic E-state index is 15.0. The number of nitrogens with zero attached hydrogens (tertiary/aromatic N) is 5. The summed E-state index contributed by atoms with van der Waals surface area (Å²) in [6.07, 6.45) is 8.69. The maximum absolute atomic E-state index is 15.0. The molecule has 0 unspecified atom stereocenters. The van der Waals surface area contributed by atoms with Gasteiger partial charge in [0.2, 0.25) is 0 Å². The molecule has 0 atom stereocenters. The smallest absolute Gasteiger partial charge is 0.320 e. The van der Waals surface area contributed by atoms with Gasteiger partial charge in [0.25, 0.3) is 5.56 Å². The number of pyridine rings is 1. The number of aromatic amines is 2. The number of imidazole rings is 1. The second kappa shape index (κ2) is 8.36. The molecule has 2 N–H and O–H groups in total. The summed E-state index contributed by atoms with van der Waals surface area (Å²) in [5.74, 6) is -0.372. The van der Waals surface area contributed by atoms with Crippen LogP contribution in [0.3, 0.4) is 0 Å². The lowest BCUT2D eigenvalue weighted by Gasteiger charge is -2.32. The number of likely N-dealkylation sites (tertiary alicyclic amines) is 1. The molecule has 37 heavy (non-hydrogen) atoms. The van der Waals surface area contributed by atoms with Crippen molar-refractivity contribution >= 4 is 22.6 Å². The molecule has 1 saturated heterocycles. The first-order chi connectivity index (χ1) is 18.1. The standard InChI is InChI=1S/C27H26FN7O2/c28-18-12-17-15-34(27(37)32-7-3-1-4-8-32)11-10-33-16-20(19(13-18)25(17)33)24-23(26(36)31-30-24)21-14-29-22-6-2-5-9-35(21)22/h2,5-6,9,12-14,16H,1,3-4,7-8,10-11,15H2,(H2,30,31,36). The number of carbonyl (C=O) groups excluding carboxylic acids is 1. The third kappa shape index (κ3) is 3.46. The molecule has 1 aromatic carbocycles. The molecule has 0 radical (unpaired) electrons. The molecule has 5 aromatic rings. The van der Waals surface area contributed by atoms with E-state index in [0.29, 0.717) is 42.0 Å². The number of halogens is 1. The van der Waals surface area contributed by atoms with Crippen molar-refractivity contribution in [3.8, 4) is 22.5 Å². The average Bonchev–Trinajstić information content (AvgIpc) is 3.57. The quantitative estimate of drug-likeness (QED) is 0.381. The molecule has 4 aromatic heterocycles. The second-order valence-electron chi connectivity index (χ2n) is 9.85. The summed E-state index contributed by atoms with van der Waals surface area (Å²) < 4.78 is 18.9. The summed E-state index contributed by atoms with van der Waals surface area (Å²) in [5, 5.41) is 6.45. The normalized spacial score (nSPS) is 16.0. The minimum Gasteiger partial charge on any atom is -0.345 e. The summed E-state index contributed by atoms with van der Waals surface area (Å²) in [6.45, 7) is 3.00. The zero-order valence-corrected chi connectivity index (χ0v) is 20.2. The molecule has 2 aliphatic heterocycles. The molecule has 6 heterocycles. The van der Waals surface area contributed by atoms with Gasteiger partial charge in [-0.2, -0.15) is 0 Å². The van der Waals surface area contributed by atoms with E-state index in [1.165, 1.54) is 12.1 Å². The Hall–Kier alpha value is -4.34. The number of fused-ring (bicyclic) bond motifs is 1. The van der Waals surface area contributed by atoms with Crippen LogP contribution in [0.15, 0.2) is 53.7 Å². The summed E-state index contributed by atoms with van der Waals surface area (Å²) in [6, 6.07) is 8.71. The van der Waals surface area contributed by atoms with Gasteiger partial charge in [0, 0.05) is 56.1 Å². The Morgan fingerprint density at radius 1 is 1.00 bits per heavy atom. The van der Waals surface area contributed by atoms with Crippen LogP contribution in [-0.4, -0.2) is 59.6 Å². The lowest BCUT2D eigenvalue weighted by Crippen LogP contribution is -2.45. The van der Waals surface area contributed by atoms with Crippen molar-refractivity contribution in [3.05, 3.63) is 70.7 Å². The number of amides is 2. The van der Waals surface area contributed by atoms with E-state index in [2.05, 4.69) is 19.7 Å². The minimum absolute atomic E-state index is 0.0212. The zero-order valence-electron chi connectivity index (χ0n) is 20.2. The lowest BCUT2D eigenvalue weighted by atomic mass is 10.0. The van der Waals surface area contributed by atoms with E-state index >= 15 is 0 Å². The van der Waals surface area contributed by atoms with Gasteiger partial charge in [-0.1, -0.05) is 6.07 Å². The number of hydrogen-bond donors (Lipinski definition) is 2. The highest BCUT2D eigenvalue weighted by atomic mass is 19.1. The molecule has 7 rings (SSSR count). The zero-order chi connectivity index (χ0) is 25.1. The van der Waals surface area contributed by atoms with Crippen LogP contribution >= 0.6 is 0 Å². The van der Waals surface area contributed by atoms with Crippen LogP contribution in [-0.2, 0) is 13.1 Å². The van der Waals surface area contributed by atoms with Crippen molar-refractivity contribution < 1.29 is 9.18 Å². The summed E-state index contributed by atoms with van der Waals surface area (Å²) >= 11 is 0. The molecule has 0 saturated carbocycles. The molecule has 9 nitrogen and oxygen atoms in total. The highest BCUT2D eigenvalue weighted by Crippen LogP contribution is 2.37. The van der Waals surface area contributed by atoms with Crippen molar-refractivity contribution in [2.45, 2.75) is 32.4 Å². The molecule has 0 bridgehead atoms. The topological polar surface area (TPSA) is 94.4 Å². The van der Waals surface area contributed by atoms with Crippen LogP contribution < -0.4 is 5.56 Å². The first-order valence-corrected chi connectivity index (χ1v) is 12.7. The largest absolute Gasteiger partial charge is 0.345 e. The number of hydrogen-bond acceptors (Lipinski definition) is 3. The van der Waals surface area contributed by atoms with Gasteiger partial charge in [-0.25, -0.2) is 14.2 Å². The number of benzene rings is 1. The van der Waals surface area contributed by atoms with Gasteiger partial charge < -0.3 is 14.4 Å². The van der Waals surface area contributed by atoms with E-state index < -0.39 is 0 Å². The van der Waals surface area contributed by atoms with E-state index in [9.17, 15) is 14.0 Å². The lowest BCUT2D eigenvalue weighted by molar-refractivity contribution is 0.140. The van der Waals surface area contributed by atoms with E-state index in [-0.39, 0.29) is 17.4 Å². The van der Waals surface area contributed by atoms with E-state index in [1.54, 1.807) is 6.20 Å². The first-order valence-electron chi connectivity index (χ1n) is 12.7. The molecular weight excluding hydrogens is 473 g/mol. The minimum atomic E-state index is -0.372. The van der Waals surface area contributed by atoms with E-state index in [0.717, 1.165) is 54.6 Å². The fourth-order valence-electron chi connectivity index (χ4n) is 5.87. The van der Waals surface area contributed by atoms with Crippen LogP contribution in [0.2, 0.25) is 0 Å². The van der Waals surface area contributed by atoms with Crippen LogP contribution in [0.5, 0.6) is 0 Å². The van der Waals surface area contributed by atoms with Gasteiger partial charge in [-0.3, -0.25) is 19.4 Å². The predicted octanol–water partition coefficient (Wildman–Crippen LogP) is 4.20. The molecule has 2 aliphatic rings. The van der Waals surface area contributed by atoms with Crippen LogP contribution in [0.25, 0.3) is 39.1 Å². The Kier molecular flexibility index (Phi) is 4.95. The monoisotopic (exact) mass is 499 g/mol. The Balaban J connectivity index is 1.34. The molecule has 1 fully saturated rings. The van der Waals surface area contributed by atoms with Gasteiger partial charge in [0.1, 0.15) is 11.5 Å². The van der Waals surface area contributed by atoms with Gasteiger partial charge in [0.15, 0.2) is 0 Å². The van der Waals surface area contributed by atoms with E-state index in [4.69, 9.17) is 0 Å². The third-order valence-corrected chi connectivity index (χ3v) is 7.61. The predicted molar refractivity (Wildman–Crippen MR) is 138 cm³/mol. The first kappa shape index (κ1) is 21.9. The molecule has 188 valence electrons. The molecule has 10 heteroatoms. The average molecular weight is 500 g/mol. The summed E-state index contributed by atoms with van der Waals surface area (Å²) in [7, 11) is 0. The van der Waals surface area contributed by atoms with Crippen molar-refractivity contribution in [1.82, 2.24) is 33.9 Å². The Morgan fingerprint density at radius 2 is 1.86 bits per heavy atom. The van der Waals surface area contributed by atoms with E-state index in [1.807, 2.05) is 44.8 Å².